The van der Waals surface area contributed by atoms with Crippen molar-refractivity contribution in [2.45, 2.75) is 19.3 Å². The van der Waals surface area contributed by atoms with E-state index in [4.69, 9.17) is 4.74 Å². The molecule has 2 heteroatoms. The Bertz CT molecular complexity index is 592. The van der Waals surface area contributed by atoms with Crippen LogP contribution in [0.2, 0.25) is 0 Å². The predicted molar refractivity (Wildman–Crippen MR) is 79.1 cm³/mol. The minimum absolute atomic E-state index is 0.451. The molecule has 0 saturated heterocycles. The predicted octanol–water partition coefficient (Wildman–Crippen LogP) is 3.82. The molecule has 0 amide bonds. The summed E-state index contributed by atoms with van der Waals surface area (Å²) >= 11 is 0. The molecule has 0 aromatic heterocycles. The van der Waals surface area contributed by atoms with E-state index in [1.54, 1.807) is 7.11 Å². The first-order chi connectivity index (χ1) is 9.33. The summed E-state index contributed by atoms with van der Waals surface area (Å²) in [5.41, 5.74) is 5.32. The van der Waals surface area contributed by atoms with E-state index in [0.717, 1.165) is 18.7 Å². The van der Waals surface area contributed by atoms with Gasteiger partial charge in [0.25, 0.3) is 0 Å². The summed E-state index contributed by atoms with van der Waals surface area (Å²) in [5, 5.41) is 3.48. The van der Waals surface area contributed by atoms with Crippen LogP contribution in [0.5, 0.6) is 5.75 Å². The normalized spacial score (nSPS) is 16.8. The van der Waals surface area contributed by atoms with Crippen LogP contribution in [0.15, 0.2) is 42.5 Å². The van der Waals surface area contributed by atoms with E-state index in [2.05, 4.69) is 54.7 Å². The first kappa shape index (κ1) is 12.1. The second-order valence-corrected chi connectivity index (χ2v) is 4.95. The molecule has 0 aliphatic carbocycles. The lowest BCUT2D eigenvalue weighted by Gasteiger charge is -2.14. The maximum Gasteiger partial charge on any atom is 0.122 e. The first-order valence-electron chi connectivity index (χ1n) is 6.83. The van der Waals surface area contributed by atoms with Gasteiger partial charge in [-0.25, -0.2) is 0 Å². The Hall–Kier alpha value is -1.96. The standard InChI is InChI=1S/C17H19NO/c1-3-12-10-13(8-9-17(12)19-2)15-11-18-16-7-5-4-6-14(15)16/h4-10,15,18H,3,11H2,1-2H3. The number of nitrogens with one attached hydrogen (secondary N) is 1. The van der Waals surface area contributed by atoms with Crippen molar-refractivity contribution in [2.75, 3.05) is 19.0 Å². The fourth-order valence-electron chi connectivity index (χ4n) is 2.87. The maximum absolute atomic E-state index is 5.41. The molecule has 0 spiro atoms. The second-order valence-electron chi connectivity index (χ2n) is 4.95. The summed E-state index contributed by atoms with van der Waals surface area (Å²) in [6.07, 6.45) is 0.999. The molecule has 3 rings (SSSR count). The molecule has 1 N–H and O–H groups in total. The molecule has 1 unspecified atom stereocenters. The number of para-hydroxylation sites is 1. The number of aryl methyl sites for hydroxylation is 1. The zero-order valence-corrected chi connectivity index (χ0v) is 11.4. The van der Waals surface area contributed by atoms with Gasteiger partial charge in [0.1, 0.15) is 5.75 Å². The minimum Gasteiger partial charge on any atom is -0.496 e. The van der Waals surface area contributed by atoms with Crippen molar-refractivity contribution in [3.05, 3.63) is 59.2 Å². The third-order valence-corrected chi connectivity index (χ3v) is 3.92. The highest BCUT2D eigenvalue weighted by atomic mass is 16.5. The Morgan fingerprint density at radius 3 is 2.84 bits per heavy atom. The van der Waals surface area contributed by atoms with Gasteiger partial charge in [-0.15, -0.1) is 0 Å². The quantitative estimate of drug-likeness (QED) is 0.898. The molecular weight excluding hydrogens is 234 g/mol. The molecule has 1 heterocycles. The average molecular weight is 253 g/mol. The Morgan fingerprint density at radius 1 is 1.21 bits per heavy atom. The van der Waals surface area contributed by atoms with Crippen LogP contribution in [0.4, 0.5) is 5.69 Å². The zero-order chi connectivity index (χ0) is 13.2. The van der Waals surface area contributed by atoms with Crippen LogP contribution in [0.3, 0.4) is 0 Å². The van der Waals surface area contributed by atoms with Gasteiger partial charge >= 0.3 is 0 Å². The average Bonchev–Trinajstić information content (AvgIpc) is 2.90. The highest BCUT2D eigenvalue weighted by molar-refractivity contribution is 5.61. The largest absolute Gasteiger partial charge is 0.496 e. The van der Waals surface area contributed by atoms with Gasteiger partial charge in [-0.1, -0.05) is 37.3 Å². The van der Waals surface area contributed by atoms with Gasteiger partial charge in [-0.2, -0.15) is 0 Å². The summed E-state index contributed by atoms with van der Waals surface area (Å²) < 4.78 is 5.41. The summed E-state index contributed by atoms with van der Waals surface area (Å²) in [6.45, 7) is 3.15. The number of methoxy groups -OCH3 is 1. The lowest BCUT2D eigenvalue weighted by molar-refractivity contribution is 0.410. The molecule has 1 aliphatic heterocycles. The topological polar surface area (TPSA) is 21.3 Å². The molecular formula is C17H19NO. The van der Waals surface area contributed by atoms with E-state index in [9.17, 15) is 0 Å². The fraction of sp³-hybridized carbons (Fsp3) is 0.294. The van der Waals surface area contributed by atoms with E-state index in [-0.39, 0.29) is 0 Å². The molecule has 1 atom stereocenters. The fourth-order valence-corrected chi connectivity index (χ4v) is 2.87. The molecule has 0 bridgehead atoms. The van der Waals surface area contributed by atoms with Gasteiger partial charge in [-0.05, 0) is 35.2 Å². The minimum atomic E-state index is 0.451. The van der Waals surface area contributed by atoms with Crippen molar-refractivity contribution < 1.29 is 4.74 Å². The van der Waals surface area contributed by atoms with Crippen LogP contribution in [-0.2, 0) is 6.42 Å². The molecule has 1 aliphatic rings. The SMILES string of the molecule is CCc1cc(C2CNc3ccccc32)ccc1OC. The Balaban J connectivity index is 2.00. The number of anilines is 1. The lowest BCUT2D eigenvalue weighted by atomic mass is 9.91. The Kier molecular flexibility index (Phi) is 3.16. The van der Waals surface area contributed by atoms with Crippen molar-refractivity contribution in [3.8, 4) is 5.75 Å². The van der Waals surface area contributed by atoms with Gasteiger partial charge in [0.2, 0.25) is 0 Å². The smallest absolute Gasteiger partial charge is 0.122 e. The summed E-state index contributed by atoms with van der Waals surface area (Å²) in [4.78, 5) is 0. The molecule has 2 aromatic rings. The number of hydrogen-bond donors (Lipinski definition) is 1. The van der Waals surface area contributed by atoms with Crippen LogP contribution >= 0.6 is 0 Å². The van der Waals surface area contributed by atoms with Crippen molar-refractivity contribution in [3.63, 3.8) is 0 Å². The van der Waals surface area contributed by atoms with E-state index >= 15 is 0 Å². The van der Waals surface area contributed by atoms with Crippen LogP contribution < -0.4 is 10.1 Å². The number of hydrogen-bond acceptors (Lipinski definition) is 2. The third kappa shape index (κ3) is 2.07. The van der Waals surface area contributed by atoms with Gasteiger partial charge in [0, 0.05) is 18.2 Å². The molecule has 98 valence electrons. The van der Waals surface area contributed by atoms with Crippen molar-refractivity contribution in [1.82, 2.24) is 0 Å². The van der Waals surface area contributed by atoms with Crippen LogP contribution in [0.25, 0.3) is 0 Å². The van der Waals surface area contributed by atoms with Gasteiger partial charge in [0.15, 0.2) is 0 Å². The van der Waals surface area contributed by atoms with Crippen molar-refractivity contribution in [1.29, 1.82) is 0 Å². The van der Waals surface area contributed by atoms with E-state index in [0.29, 0.717) is 5.92 Å². The number of benzene rings is 2. The molecule has 0 radical (unpaired) electrons. The van der Waals surface area contributed by atoms with Crippen LogP contribution in [-0.4, -0.2) is 13.7 Å². The summed E-state index contributed by atoms with van der Waals surface area (Å²) in [6, 6.07) is 15.1. The van der Waals surface area contributed by atoms with Gasteiger partial charge in [-0.3, -0.25) is 0 Å². The first-order valence-corrected chi connectivity index (χ1v) is 6.83. The van der Waals surface area contributed by atoms with Crippen molar-refractivity contribution in [2.24, 2.45) is 0 Å². The van der Waals surface area contributed by atoms with Crippen LogP contribution in [0.1, 0.15) is 29.5 Å². The molecule has 2 aromatic carbocycles. The monoisotopic (exact) mass is 253 g/mol. The maximum atomic E-state index is 5.41. The molecule has 19 heavy (non-hydrogen) atoms. The van der Waals surface area contributed by atoms with E-state index in [1.165, 1.54) is 22.4 Å². The molecule has 2 nitrogen and oxygen atoms in total. The van der Waals surface area contributed by atoms with Gasteiger partial charge < -0.3 is 10.1 Å². The summed E-state index contributed by atoms with van der Waals surface area (Å²) in [5.74, 6) is 1.44. The number of fused-ring (bicyclic) bond motifs is 1. The third-order valence-electron chi connectivity index (χ3n) is 3.92. The number of ether oxygens (including phenoxy) is 1. The zero-order valence-electron chi connectivity index (χ0n) is 11.4. The van der Waals surface area contributed by atoms with Gasteiger partial charge in [0.05, 0.1) is 7.11 Å². The Morgan fingerprint density at radius 2 is 2.05 bits per heavy atom. The Labute approximate surface area is 114 Å². The van der Waals surface area contributed by atoms with E-state index < -0.39 is 0 Å². The van der Waals surface area contributed by atoms with Crippen molar-refractivity contribution >= 4 is 5.69 Å². The van der Waals surface area contributed by atoms with E-state index in [1.807, 2.05) is 0 Å². The number of rotatable bonds is 3. The molecule has 0 saturated carbocycles. The molecule has 0 fully saturated rings. The summed E-state index contributed by atoms with van der Waals surface area (Å²) in [7, 11) is 1.74. The lowest BCUT2D eigenvalue weighted by Crippen LogP contribution is -2.04. The second kappa shape index (κ2) is 4.96. The highest BCUT2D eigenvalue weighted by Gasteiger charge is 2.23. The van der Waals surface area contributed by atoms with Crippen LogP contribution in [0, 0.1) is 0 Å². The highest BCUT2D eigenvalue weighted by Crippen LogP contribution is 2.37.